The molecule has 104 valence electrons. The van der Waals surface area contributed by atoms with Gasteiger partial charge in [0.05, 0.1) is 12.4 Å². The van der Waals surface area contributed by atoms with Gasteiger partial charge >= 0.3 is 0 Å². The van der Waals surface area contributed by atoms with E-state index in [4.69, 9.17) is 5.84 Å². The molecular formula is C14H23N5. The quantitative estimate of drug-likeness (QED) is 0.327. The van der Waals surface area contributed by atoms with Crippen molar-refractivity contribution in [3.05, 3.63) is 30.3 Å². The predicted octanol–water partition coefficient (Wildman–Crippen LogP) is 1.75. The van der Waals surface area contributed by atoms with Gasteiger partial charge in [0.25, 0.3) is 0 Å². The number of anilines is 1. The van der Waals surface area contributed by atoms with Gasteiger partial charge in [-0.05, 0) is 37.8 Å². The maximum absolute atomic E-state index is 5.44. The Morgan fingerprint density at radius 3 is 2.53 bits per heavy atom. The van der Waals surface area contributed by atoms with Gasteiger partial charge < -0.3 is 5.32 Å². The van der Waals surface area contributed by atoms with Crippen LogP contribution in [-0.4, -0.2) is 30.6 Å². The molecule has 0 radical (unpaired) electrons. The summed E-state index contributed by atoms with van der Waals surface area (Å²) in [4.78, 5) is 4.48. The van der Waals surface area contributed by atoms with Gasteiger partial charge in [-0.3, -0.25) is 16.3 Å². The van der Waals surface area contributed by atoms with Gasteiger partial charge in [-0.1, -0.05) is 18.2 Å². The lowest BCUT2D eigenvalue weighted by Gasteiger charge is -2.27. The Kier molecular flexibility index (Phi) is 5.18. The van der Waals surface area contributed by atoms with Crippen LogP contribution in [0, 0.1) is 0 Å². The minimum absolute atomic E-state index is 0.418. The van der Waals surface area contributed by atoms with Gasteiger partial charge in [0.15, 0.2) is 0 Å². The van der Waals surface area contributed by atoms with E-state index in [-0.39, 0.29) is 0 Å². The summed E-state index contributed by atoms with van der Waals surface area (Å²) in [6.45, 7) is 0. The summed E-state index contributed by atoms with van der Waals surface area (Å²) in [5.74, 6) is 5.44. The van der Waals surface area contributed by atoms with E-state index in [1.165, 1.54) is 10.8 Å². The van der Waals surface area contributed by atoms with Crippen molar-refractivity contribution in [3.8, 4) is 0 Å². The summed E-state index contributed by atoms with van der Waals surface area (Å²) in [5, 5.41) is 4.97. The minimum atomic E-state index is 0.418. The Morgan fingerprint density at radius 2 is 1.89 bits per heavy atom. The van der Waals surface area contributed by atoms with Crippen LogP contribution in [0.5, 0.6) is 0 Å². The molecule has 2 rings (SSSR count). The van der Waals surface area contributed by atoms with Gasteiger partial charge in [0.1, 0.15) is 0 Å². The third kappa shape index (κ3) is 4.89. The monoisotopic (exact) mass is 261 g/mol. The average molecular weight is 261 g/mol. The summed E-state index contributed by atoms with van der Waals surface area (Å²) >= 11 is 0. The fourth-order valence-corrected chi connectivity index (χ4v) is 2.37. The summed E-state index contributed by atoms with van der Waals surface area (Å²) < 4.78 is 0. The number of nitrogens with zero attached hydrogens (tertiary/aromatic N) is 2. The molecule has 1 aromatic carbocycles. The van der Waals surface area contributed by atoms with Crippen LogP contribution < -0.4 is 16.6 Å². The molecule has 1 aromatic rings. The van der Waals surface area contributed by atoms with Crippen molar-refractivity contribution in [1.29, 1.82) is 0 Å². The Labute approximate surface area is 114 Å². The van der Waals surface area contributed by atoms with Crippen LogP contribution >= 0.6 is 0 Å². The Morgan fingerprint density at radius 1 is 1.21 bits per heavy atom. The second-order valence-electron chi connectivity index (χ2n) is 5.03. The maximum Gasteiger partial charge on any atom is 0.0982 e. The zero-order valence-corrected chi connectivity index (χ0v) is 11.4. The molecule has 4 N–H and O–H groups in total. The number of nitrogens with two attached hydrogens (primary N) is 1. The van der Waals surface area contributed by atoms with E-state index in [0.29, 0.717) is 12.1 Å². The number of hydrogen-bond donors (Lipinski definition) is 3. The zero-order chi connectivity index (χ0) is 13.5. The first kappa shape index (κ1) is 13.8. The molecule has 0 amide bonds. The van der Waals surface area contributed by atoms with Crippen LogP contribution in [0.2, 0.25) is 0 Å². The summed E-state index contributed by atoms with van der Waals surface area (Å²) in [6.07, 6.45) is 6.26. The number of hydrogen-bond acceptors (Lipinski definition) is 4. The Hall–Kier alpha value is -1.59. The number of benzene rings is 1. The highest BCUT2D eigenvalue weighted by Gasteiger charge is 2.19. The molecule has 0 bridgehead atoms. The largest absolute Gasteiger partial charge is 0.382 e. The lowest BCUT2D eigenvalue weighted by Crippen LogP contribution is -2.39. The SMILES string of the molecule is CN(N)NC=NC1CCC(Nc2ccccc2)CC1. The van der Waals surface area contributed by atoms with Crippen molar-refractivity contribution < 1.29 is 0 Å². The molecule has 0 unspecified atom stereocenters. The van der Waals surface area contributed by atoms with Gasteiger partial charge in [-0.15, -0.1) is 0 Å². The first-order chi connectivity index (χ1) is 9.24. The summed E-state index contributed by atoms with van der Waals surface area (Å²) in [6, 6.07) is 11.4. The van der Waals surface area contributed by atoms with Crippen molar-refractivity contribution in [3.63, 3.8) is 0 Å². The first-order valence-electron chi connectivity index (χ1n) is 6.82. The number of para-hydroxylation sites is 1. The number of rotatable bonds is 5. The molecule has 0 heterocycles. The van der Waals surface area contributed by atoms with Crippen molar-refractivity contribution in [2.45, 2.75) is 37.8 Å². The van der Waals surface area contributed by atoms with Gasteiger partial charge in [0, 0.05) is 18.8 Å². The Bertz CT molecular complexity index is 382. The van der Waals surface area contributed by atoms with Crippen molar-refractivity contribution in [1.82, 2.24) is 10.5 Å². The third-order valence-corrected chi connectivity index (χ3v) is 3.39. The molecule has 1 saturated carbocycles. The normalized spacial score (nSPS) is 23.7. The fourth-order valence-electron chi connectivity index (χ4n) is 2.37. The molecule has 1 aliphatic rings. The molecule has 5 nitrogen and oxygen atoms in total. The highest BCUT2D eigenvalue weighted by atomic mass is 15.6. The number of hydrazine groups is 2. The third-order valence-electron chi connectivity index (χ3n) is 3.39. The fraction of sp³-hybridized carbons (Fsp3) is 0.500. The molecule has 0 spiro atoms. The Balaban J connectivity index is 1.72. The molecule has 0 aromatic heterocycles. The van der Waals surface area contributed by atoms with Gasteiger partial charge in [-0.25, -0.2) is 0 Å². The summed E-state index contributed by atoms with van der Waals surface area (Å²) in [7, 11) is 1.74. The second kappa shape index (κ2) is 7.11. The molecule has 0 saturated heterocycles. The molecule has 0 atom stereocenters. The number of nitrogens with one attached hydrogen (secondary N) is 2. The van der Waals surface area contributed by atoms with E-state index < -0.39 is 0 Å². The van der Waals surface area contributed by atoms with Crippen molar-refractivity contribution in [2.75, 3.05) is 12.4 Å². The molecule has 1 fully saturated rings. The number of aliphatic imine (C=N–C) groups is 1. The van der Waals surface area contributed by atoms with Crippen LogP contribution in [0.4, 0.5) is 5.69 Å². The highest BCUT2D eigenvalue weighted by molar-refractivity contribution is 5.53. The average Bonchev–Trinajstić information content (AvgIpc) is 2.42. The van der Waals surface area contributed by atoms with E-state index in [0.717, 1.165) is 25.7 Å². The maximum atomic E-state index is 5.44. The van der Waals surface area contributed by atoms with E-state index in [9.17, 15) is 0 Å². The lowest BCUT2D eigenvalue weighted by atomic mass is 9.91. The standard InChI is InChI=1S/C14H23N5/c1-19(15)17-11-16-12-7-9-14(10-8-12)18-13-5-3-2-4-6-13/h2-6,11-12,14,18H,7-10,15H2,1H3,(H,16,17). The second-order valence-corrected chi connectivity index (χ2v) is 5.03. The molecular weight excluding hydrogens is 238 g/mol. The van der Waals surface area contributed by atoms with Gasteiger partial charge in [-0.2, -0.15) is 5.12 Å². The molecule has 1 aliphatic carbocycles. The van der Waals surface area contributed by atoms with Crippen LogP contribution in [0.3, 0.4) is 0 Å². The first-order valence-corrected chi connectivity index (χ1v) is 6.82. The van der Waals surface area contributed by atoms with E-state index >= 15 is 0 Å². The van der Waals surface area contributed by atoms with E-state index in [1.54, 1.807) is 13.4 Å². The molecule has 0 aliphatic heterocycles. The molecule has 19 heavy (non-hydrogen) atoms. The predicted molar refractivity (Wildman–Crippen MR) is 79.7 cm³/mol. The highest BCUT2D eigenvalue weighted by Crippen LogP contribution is 2.23. The van der Waals surface area contributed by atoms with Crippen LogP contribution in [-0.2, 0) is 0 Å². The molecule has 5 heteroatoms. The summed E-state index contributed by atoms with van der Waals surface area (Å²) in [5.41, 5.74) is 4.06. The van der Waals surface area contributed by atoms with Crippen LogP contribution in [0.1, 0.15) is 25.7 Å². The van der Waals surface area contributed by atoms with E-state index in [2.05, 4.69) is 40.0 Å². The van der Waals surface area contributed by atoms with Crippen molar-refractivity contribution in [2.24, 2.45) is 10.8 Å². The minimum Gasteiger partial charge on any atom is -0.382 e. The van der Waals surface area contributed by atoms with Crippen LogP contribution in [0.25, 0.3) is 0 Å². The van der Waals surface area contributed by atoms with Gasteiger partial charge in [0.2, 0.25) is 0 Å². The van der Waals surface area contributed by atoms with Crippen LogP contribution in [0.15, 0.2) is 35.3 Å². The van der Waals surface area contributed by atoms with E-state index in [1.807, 2.05) is 6.07 Å². The topological polar surface area (TPSA) is 65.7 Å². The van der Waals surface area contributed by atoms with Crippen molar-refractivity contribution >= 4 is 12.0 Å². The smallest absolute Gasteiger partial charge is 0.0982 e. The zero-order valence-electron chi connectivity index (χ0n) is 11.4. The lowest BCUT2D eigenvalue weighted by molar-refractivity contribution is 0.307.